The summed E-state index contributed by atoms with van der Waals surface area (Å²) in [5, 5.41) is 14.6. The number of hydrogen-bond donors (Lipinski definition) is 0. The monoisotopic (exact) mass is 399 g/mol. The molecule has 0 bridgehead atoms. The van der Waals surface area contributed by atoms with Crippen molar-refractivity contribution < 1.29 is 0 Å². The summed E-state index contributed by atoms with van der Waals surface area (Å²) < 4.78 is 2.43. The van der Waals surface area contributed by atoms with Gasteiger partial charge in [-0.15, -0.1) is 32.9 Å². The molecule has 7 heteroatoms. The van der Waals surface area contributed by atoms with Crippen molar-refractivity contribution >= 4 is 22.7 Å². The Morgan fingerprint density at radius 1 is 1.07 bits per heavy atom. The zero-order valence-corrected chi connectivity index (χ0v) is 17.1. The maximum atomic E-state index is 4.87. The van der Waals surface area contributed by atoms with Gasteiger partial charge in [-0.1, -0.05) is 12.5 Å². The number of thiophene rings is 1. The van der Waals surface area contributed by atoms with Crippen molar-refractivity contribution in [2.24, 2.45) is 0 Å². The van der Waals surface area contributed by atoms with E-state index in [2.05, 4.69) is 42.6 Å². The molecule has 0 spiro atoms. The molecule has 3 aromatic rings. The molecule has 0 amide bonds. The number of nitrogens with zero attached hydrogens (tertiary/aromatic N) is 5. The van der Waals surface area contributed by atoms with E-state index >= 15 is 0 Å². The summed E-state index contributed by atoms with van der Waals surface area (Å²) in [4.78, 5) is 8.70. The molecule has 1 unspecified atom stereocenters. The van der Waals surface area contributed by atoms with Crippen LogP contribution < -0.4 is 0 Å². The van der Waals surface area contributed by atoms with E-state index in [1.165, 1.54) is 54.3 Å². The third-order valence-electron chi connectivity index (χ3n) is 5.68. The SMILES string of the molecule is c1csc(-c2nc(CN3CCCC(c4nnc5n4CCCCC5)C3)cs2)c1. The average molecular weight is 400 g/mol. The van der Waals surface area contributed by atoms with Crippen LogP contribution in [0.25, 0.3) is 9.88 Å². The molecular formula is C20H25N5S2. The van der Waals surface area contributed by atoms with Gasteiger partial charge in [0.2, 0.25) is 0 Å². The van der Waals surface area contributed by atoms with Gasteiger partial charge in [-0.3, -0.25) is 4.90 Å². The number of fused-ring (bicyclic) bond motifs is 1. The Morgan fingerprint density at radius 2 is 2.07 bits per heavy atom. The van der Waals surface area contributed by atoms with Gasteiger partial charge in [-0.2, -0.15) is 0 Å². The van der Waals surface area contributed by atoms with Gasteiger partial charge in [0, 0.05) is 37.4 Å². The molecule has 0 saturated carbocycles. The smallest absolute Gasteiger partial charge is 0.137 e. The number of piperidine rings is 1. The number of likely N-dealkylation sites (tertiary alicyclic amines) is 1. The third-order valence-corrected chi connectivity index (χ3v) is 7.61. The largest absolute Gasteiger partial charge is 0.315 e. The molecular weight excluding hydrogens is 374 g/mol. The summed E-state index contributed by atoms with van der Waals surface area (Å²) in [6, 6.07) is 4.25. The van der Waals surface area contributed by atoms with Crippen molar-refractivity contribution in [1.29, 1.82) is 0 Å². The van der Waals surface area contributed by atoms with Crippen LogP contribution in [0.1, 0.15) is 55.4 Å². The highest BCUT2D eigenvalue weighted by Gasteiger charge is 2.27. The fourth-order valence-electron chi connectivity index (χ4n) is 4.34. The van der Waals surface area contributed by atoms with Crippen LogP contribution in [-0.4, -0.2) is 37.7 Å². The first kappa shape index (κ1) is 17.5. The molecule has 27 heavy (non-hydrogen) atoms. The Hall–Kier alpha value is -1.57. The zero-order chi connectivity index (χ0) is 18.1. The number of hydrogen-bond acceptors (Lipinski definition) is 6. The Balaban J connectivity index is 1.28. The predicted molar refractivity (Wildman–Crippen MR) is 110 cm³/mol. The highest BCUT2D eigenvalue weighted by Crippen LogP contribution is 2.31. The molecule has 0 aliphatic carbocycles. The molecule has 5 rings (SSSR count). The van der Waals surface area contributed by atoms with E-state index in [1.54, 1.807) is 22.7 Å². The first-order chi connectivity index (χ1) is 13.4. The van der Waals surface area contributed by atoms with Crippen molar-refractivity contribution in [3.63, 3.8) is 0 Å². The normalized spacial score (nSPS) is 21.1. The van der Waals surface area contributed by atoms with Crippen molar-refractivity contribution in [3.05, 3.63) is 40.2 Å². The van der Waals surface area contributed by atoms with Crippen LogP contribution in [0.2, 0.25) is 0 Å². The second-order valence-electron chi connectivity index (χ2n) is 7.63. The Kier molecular flexibility index (Phi) is 5.07. The van der Waals surface area contributed by atoms with E-state index in [-0.39, 0.29) is 0 Å². The van der Waals surface area contributed by atoms with E-state index in [0.29, 0.717) is 5.92 Å². The lowest BCUT2D eigenvalue weighted by atomic mass is 9.97. The van der Waals surface area contributed by atoms with Crippen molar-refractivity contribution in [1.82, 2.24) is 24.6 Å². The zero-order valence-electron chi connectivity index (χ0n) is 15.5. The van der Waals surface area contributed by atoms with Gasteiger partial charge in [0.25, 0.3) is 0 Å². The topological polar surface area (TPSA) is 46.8 Å². The summed E-state index contributed by atoms with van der Waals surface area (Å²) >= 11 is 3.53. The molecule has 0 radical (unpaired) electrons. The number of thiazole rings is 1. The van der Waals surface area contributed by atoms with E-state index in [1.807, 2.05) is 0 Å². The molecule has 2 aliphatic heterocycles. The summed E-state index contributed by atoms with van der Waals surface area (Å²) in [7, 11) is 0. The molecule has 1 atom stereocenters. The van der Waals surface area contributed by atoms with Crippen LogP contribution in [0.4, 0.5) is 0 Å². The lowest BCUT2D eigenvalue weighted by molar-refractivity contribution is 0.192. The lowest BCUT2D eigenvalue weighted by Gasteiger charge is -2.32. The van der Waals surface area contributed by atoms with E-state index in [9.17, 15) is 0 Å². The fourth-order valence-corrected chi connectivity index (χ4v) is 5.97. The van der Waals surface area contributed by atoms with E-state index in [4.69, 9.17) is 4.98 Å². The van der Waals surface area contributed by atoms with Crippen LogP contribution in [-0.2, 0) is 19.5 Å². The quantitative estimate of drug-likeness (QED) is 0.645. The fraction of sp³-hybridized carbons (Fsp3) is 0.550. The standard InChI is InChI=1S/C20H25N5S2/c1-2-8-18-22-23-19(25(18)10-3-1)15-6-4-9-24(12-15)13-16-14-27-20(21-16)17-7-5-11-26-17/h5,7,11,14-15H,1-4,6,8-10,12-13H2. The first-order valence-corrected chi connectivity index (χ1v) is 11.8. The molecule has 2 aliphatic rings. The number of aromatic nitrogens is 4. The van der Waals surface area contributed by atoms with Gasteiger partial charge in [0.05, 0.1) is 10.6 Å². The van der Waals surface area contributed by atoms with Gasteiger partial charge in [-0.05, 0) is 43.7 Å². The van der Waals surface area contributed by atoms with E-state index in [0.717, 1.165) is 37.6 Å². The number of rotatable bonds is 4. The molecule has 0 N–H and O–H groups in total. The predicted octanol–water partition coefficient (Wildman–Crippen LogP) is 4.57. The minimum Gasteiger partial charge on any atom is -0.315 e. The van der Waals surface area contributed by atoms with Crippen LogP contribution in [0.3, 0.4) is 0 Å². The maximum absolute atomic E-state index is 4.87. The van der Waals surface area contributed by atoms with Crippen LogP contribution in [0, 0.1) is 0 Å². The average Bonchev–Trinajstić information content (AvgIpc) is 3.41. The maximum Gasteiger partial charge on any atom is 0.137 e. The van der Waals surface area contributed by atoms with Gasteiger partial charge in [0.1, 0.15) is 16.7 Å². The van der Waals surface area contributed by atoms with Gasteiger partial charge in [-0.25, -0.2) is 4.98 Å². The Morgan fingerprint density at radius 3 is 3.00 bits per heavy atom. The lowest BCUT2D eigenvalue weighted by Crippen LogP contribution is -2.35. The second-order valence-corrected chi connectivity index (χ2v) is 9.44. The first-order valence-electron chi connectivity index (χ1n) is 9.99. The molecule has 5 heterocycles. The van der Waals surface area contributed by atoms with Gasteiger partial charge >= 0.3 is 0 Å². The number of aryl methyl sites for hydroxylation is 1. The molecule has 0 aromatic carbocycles. The highest BCUT2D eigenvalue weighted by atomic mass is 32.1. The summed E-state index contributed by atoms with van der Waals surface area (Å²) in [6.45, 7) is 4.27. The summed E-state index contributed by atoms with van der Waals surface area (Å²) in [5.74, 6) is 2.95. The van der Waals surface area contributed by atoms with Crippen LogP contribution in [0.5, 0.6) is 0 Å². The molecule has 3 aromatic heterocycles. The molecule has 5 nitrogen and oxygen atoms in total. The second kappa shape index (κ2) is 7.81. The van der Waals surface area contributed by atoms with Crippen molar-refractivity contribution in [2.75, 3.05) is 13.1 Å². The van der Waals surface area contributed by atoms with Crippen LogP contribution in [0.15, 0.2) is 22.9 Å². The third kappa shape index (κ3) is 3.73. The molecule has 1 fully saturated rings. The summed E-state index contributed by atoms with van der Waals surface area (Å²) in [5.41, 5.74) is 1.20. The van der Waals surface area contributed by atoms with Crippen LogP contribution >= 0.6 is 22.7 Å². The molecule has 1 saturated heterocycles. The summed E-state index contributed by atoms with van der Waals surface area (Å²) in [6.07, 6.45) is 7.38. The van der Waals surface area contributed by atoms with Crippen molar-refractivity contribution in [3.8, 4) is 9.88 Å². The Bertz CT molecular complexity index is 882. The van der Waals surface area contributed by atoms with Gasteiger partial charge in [0.15, 0.2) is 0 Å². The van der Waals surface area contributed by atoms with Crippen molar-refractivity contribution in [2.45, 2.75) is 57.5 Å². The highest BCUT2D eigenvalue weighted by molar-refractivity contribution is 7.20. The minimum absolute atomic E-state index is 0.508. The minimum atomic E-state index is 0.508. The van der Waals surface area contributed by atoms with Gasteiger partial charge < -0.3 is 4.57 Å². The van der Waals surface area contributed by atoms with E-state index < -0.39 is 0 Å². The Labute approximate surface area is 168 Å². The molecule has 142 valence electrons.